The molecule has 0 aliphatic rings. The van der Waals surface area contributed by atoms with Gasteiger partial charge in [-0.3, -0.25) is 9.59 Å². The molecule has 0 spiro atoms. The predicted molar refractivity (Wildman–Crippen MR) is 128 cm³/mol. The smallest absolute Gasteiger partial charge is 0.261 e. The van der Waals surface area contributed by atoms with Crippen LogP contribution in [0.15, 0.2) is 46.9 Å². The van der Waals surface area contributed by atoms with Crippen LogP contribution in [0.1, 0.15) is 52.7 Å². The van der Waals surface area contributed by atoms with E-state index in [9.17, 15) is 14.0 Å². The molecule has 0 radical (unpaired) electrons. The molecule has 2 rings (SSSR count). The summed E-state index contributed by atoms with van der Waals surface area (Å²) >= 11 is 3.52. The Morgan fingerprint density at radius 1 is 1.09 bits per heavy atom. The van der Waals surface area contributed by atoms with Crippen LogP contribution in [0.3, 0.4) is 0 Å². The standard InChI is InChI=1S/C25H32BrFN2O3/c1-16(2)28-24(31)17(3)29(14-18-7-10-20(27)11-8-18)23(30)15-32-22-12-9-19(13-21(22)26)25(4,5)6/h7-13,16-17H,14-15H2,1-6H3,(H,28,31). The highest BCUT2D eigenvalue weighted by Crippen LogP contribution is 2.31. The minimum absolute atomic E-state index is 0.0119. The molecule has 0 bridgehead atoms. The van der Waals surface area contributed by atoms with Gasteiger partial charge in [0, 0.05) is 12.6 Å². The van der Waals surface area contributed by atoms with E-state index in [1.807, 2.05) is 32.0 Å². The molecular formula is C25H32BrFN2O3. The van der Waals surface area contributed by atoms with Crippen molar-refractivity contribution in [3.63, 3.8) is 0 Å². The number of carbonyl (C=O) groups is 2. The van der Waals surface area contributed by atoms with Crippen LogP contribution in [0.5, 0.6) is 5.75 Å². The van der Waals surface area contributed by atoms with Crippen molar-refractivity contribution in [3.8, 4) is 5.75 Å². The van der Waals surface area contributed by atoms with Crippen molar-refractivity contribution in [2.45, 2.75) is 65.6 Å². The van der Waals surface area contributed by atoms with E-state index in [1.165, 1.54) is 17.0 Å². The summed E-state index contributed by atoms with van der Waals surface area (Å²) in [6.07, 6.45) is 0. The number of nitrogens with one attached hydrogen (secondary N) is 1. The van der Waals surface area contributed by atoms with Gasteiger partial charge in [-0.25, -0.2) is 4.39 Å². The van der Waals surface area contributed by atoms with Gasteiger partial charge in [0.2, 0.25) is 5.91 Å². The molecule has 1 N–H and O–H groups in total. The van der Waals surface area contributed by atoms with Crippen LogP contribution in [-0.2, 0) is 21.5 Å². The van der Waals surface area contributed by atoms with Gasteiger partial charge in [-0.05, 0) is 77.5 Å². The van der Waals surface area contributed by atoms with E-state index in [4.69, 9.17) is 4.74 Å². The molecule has 2 aromatic carbocycles. The molecule has 0 saturated heterocycles. The molecule has 0 aromatic heterocycles. The summed E-state index contributed by atoms with van der Waals surface area (Å²) in [5, 5.41) is 2.83. The third kappa shape index (κ3) is 7.33. The maximum atomic E-state index is 13.3. The molecule has 7 heteroatoms. The van der Waals surface area contributed by atoms with Crippen molar-refractivity contribution < 1.29 is 18.7 Å². The van der Waals surface area contributed by atoms with Crippen molar-refractivity contribution in [2.75, 3.05) is 6.61 Å². The number of carbonyl (C=O) groups excluding carboxylic acids is 2. The molecule has 2 amide bonds. The number of ether oxygens (including phenoxy) is 1. The fraction of sp³-hybridized carbons (Fsp3) is 0.440. The van der Waals surface area contributed by atoms with Crippen LogP contribution in [0.2, 0.25) is 0 Å². The number of halogens is 2. The van der Waals surface area contributed by atoms with Crippen molar-refractivity contribution >= 4 is 27.7 Å². The molecule has 5 nitrogen and oxygen atoms in total. The summed E-state index contributed by atoms with van der Waals surface area (Å²) in [5.41, 5.74) is 1.85. The summed E-state index contributed by atoms with van der Waals surface area (Å²) in [4.78, 5) is 27.1. The summed E-state index contributed by atoms with van der Waals surface area (Å²) < 4.78 is 19.8. The molecule has 0 heterocycles. The first kappa shape index (κ1) is 25.8. The Bertz CT molecular complexity index is 939. The highest BCUT2D eigenvalue weighted by atomic mass is 79.9. The maximum absolute atomic E-state index is 13.3. The normalized spacial score (nSPS) is 12.4. The second kappa shape index (κ2) is 10.9. The second-order valence-electron chi connectivity index (χ2n) is 9.17. The molecule has 0 fully saturated rings. The maximum Gasteiger partial charge on any atom is 0.261 e. The first-order chi connectivity index (χ1) is 14.9. The van der Waals surface area contributed by atoms with Crippen molar-refractivity contribution in [1.82, 2.24) is 10.2 Å². The van der Waals surface area contributed by atoms with Crippen LogP contribution in [0, 0.1) is 5.82 Å². The quantitative estimate of drug-likeness (QED) is 0.534. The van der Waals surface area contributed by atoms with Gasteiger partial charge < -0.3 is 15.0 Å². The van der Waals surface area contributed by atoms with E-state index in [1.54, 1.807) is 19.1 Å². The van der Waals surface area contributed by atoms with Crippen LogP contribution in [0.4, 0.5) is 4.39 Å². The lowest BCUT2D eigenvalue weighted by molar-refractivity contribution is -0.142. The zero-order chi connectivity index (χ0) is 24.1. The predicted octanol–water partition coefficient (Wildman–Crippen LogP) is 5.21. The molecular weight excluding hydrogens is 475 g/mol. The molecule has 0 aliphatic heterocycles. The van der Waals surface area contributed by atoms with E-state index in [0.717, 1.165) is 15.6 Å². The summed E-state index contributed by atoms with van der Waals surface area (Å²) in [6, 6.07) is 10.9. The van der Waals surface area contributed by atoms with E-state index in [0.29, 0.717) is 5.75 Å². The number of hydrogen-bond acceptors (Lipinski definition) is 3. The highest BCUT2D eigenvalue weighted by molar-refractivity contribution is 9.10. The average molecular weight is 507 g/mol. The topological polar surface area (TPSA) is 58.6 Å². The summed E-state index contributed by atoms with van der Waals surface area (Å²) in [7, 11) is 0. The van der Waals surface area contributed by atoms with Gasteiger partial charge in [-0.2, -0.15) is 0 Å². The Morgan fingerprint density at radius 3 is 2.25 bits per heavy atom. The summed E-state index contributed by atoms with van der Waals surface area (Å²) in [6.45, 7) is 11.7. The SMILES string of the molecule is CC(C)NC(=O)C(C)N(Cc1ccc(F)cc1)C(=O)COc1ccc(C(C)(C)C)cc1Br. The van der Waals surface area contributed by atoms with Crippen LogP contribution in [-0.4, -0.2) is 35.4 Å². The Labute approximate surface area is 198 Å². The lowest BCUT2D eigenvalue weighted by Gasteiger charge is -2.29. The van der Waals surface area contributed by atoms with Crippen molar-refractivity contribution in [1.29, 1.82) is 0 Å². The third-order valence-electron chi connectivity index (χ3n) is 5.01. The zero-order valence-corrected chi connectivity index (χ0v) is 21.1. The molecule has 32 heavy (non-hydrogen) atoms. The fourth-order valence-corrected chi connectivity index (χ4v) is 3.57. The Balaban J connectivity index is 2.18. The van der Waals surface area contributed by atoms with Gasteiger partial charge in [0.05, 0.1) is 4.47 Å². The van der Waals surface area contributed by atoms with Crippen LogP contribution in [0.25, 0.3) is 0 Å². The zero-order valence-electron chi connectivity index (χ0n) is 19.5. The van der Waals surface area contributed by atoms with Crippen molar-refractivity contribution in [2.24, 2.45) is 0 Å². The van der Waals surface area contributed by atoms with E-state index >= 15 is 0 Å². The van der Waals surface area contributed by atoms with E-state index in [2.05, 4.69) is 42.0 Å². The number of hydrogen-bond donors (Lipinski definition) is 1. The first-order valence-electron chi connectivity index (χ1n) is 10.7. The third-order valence-corrected chi connectivity index (χ3v) is 5.63. The lowest BCUT2D eigenvalue weighted by atomic mass is 9.87. The minimum atomic E-state index is -0.717. The minimum Gasteiger partial charge on any atom is -0.483 e. The molecule has 2 aromatic rings. The molecule has 0 aliphatic carbocycles. The van der Waals surface area contributed by atoms with Gasteiger partial charge in [0.15, 0.2) is 6.61 Å². The number of amides is 2. The van der Waals surface area contributed by atoms with Crippen molar-refractivity contribution in [3.05, 3.63) is 63.9 Å². The van der Waals surface area contributed by atoms with Gasteiger partial charge >= 0.3 is 0 Å². The fourth-order valence-electron chi connectivity index (χ4n) is 3.08. The molecule has 1 unspecified atom stereocenters. The molecule has 1 atom stereocenters. The van der Waals surface area contributed by atoms with E-state index < -0.39 is 6.04 Å². The van der Waals surface area contributed by atoms with Gasteiger partial charge in [-0.1, -0.05) is 39.0 Å². The number of nitrogens with zero attached hydrogens (tertiary/aromatic N) is 1. The highest BCUT2D eigenvalue weighted by Gasteiger charge is 2.27. The lowest BCUT2D eigenvalue weighted by Crippen LogP contribution is -2.50. The first-order valence-corrected chi connectivity index (χ1v) is 11.4. The van der Waals surface area contributed by atoms with E-state index in [-0.39, 0.29) is 42.2 Å². The van der Waals surface area contributed by atoms with Gasteiger partial charge in [0.1, 0.15) is 17.6 Å². The average Bonchev–Trinajstić information content (AvgIpc) is 2.70. The number of rotatable bonds is 8. The van der Waals surface area contributed by atoms with Gasteiger partial charge in [0.25, 0.3) is 5.91 Å². The second-order valence-corrected chi connectivity index (χ2v) is 10.0. The Morgan fingerprint density at radius 2 is 1.72 bits per heavy atom. The Kier molecular flexibility index (Phi) is 8.84. The van der Waals surface area contributed by atoms with Gasteiger partial charge in [-0.15, -0.1) is 0 Å². The Hall–Kier alpha value is -2.41. The number of benzene rings is 2. The summed E-state index contributed by atoms with van der Waals surface area (Å²) in [5.74, 6) is -0.407. The molecule has 0 saturated carbocycles. The van der Waals surface area contributed by atoms with Crippen LogP contribution >= 0.6 is 15.9 Å². The molecule has 174 valence electrons. The monoisotopic (exact) mass is 506 g/mol. The van der Waals surface area contributed by atoms with Crippen LogP contribution < -0.4 is 10.1 Å². The largest absolute Gasteiger partial charge is 0.483 e.